The summed E-state index contributed by atoms with van der Waals surface area (Å²) in [6.07, 6.45) is 3.59. The number of aromatic nitrogens is 2. The average Bonchev–Trinajstić information content (AvgIpc) is 2.95. The first-order chi connectivity index (χ1) is 10.1. The van der Waals surface area contributed by atoms with E-state index in [0.29, 0.717) is 5.56 Å². The quantitative estimate of drug-likeness (QED) is 0.933. The van der Waals surface area contributed by atoms with Crippen LogP contribution in [0.4, 0.5) is 5.69 Å². The number of aryl methyl sites for hydroxylation is 1. The molecule has 1 amide bonds. The Kier molecular flexibility index (Phi) is 3.64. The highest BCUT2D eigenvalue weighted by atomic mass is 16.1. The van der Waals surface area contributed by atoms with E-state index >= 15 is 0 Å². The van der Waals surface area contributed by atoms with Gasteiger partial charge in [-0.05, 0) is 30.7 Å². The van der Waals surface area contributed by atoms with Crippen LogP contribution in [0.3, 0.4) is 0 Å². The third-order valence-corrected chi connectivity index (χ3v) is 3.91. The van der Waals surface area contributed by atoms with Gasteiger partial charge in [-0.1, -0.05) is 6.07 Å². The van der Waals surface area contributed by atoms with Gasteiger partial charge >= 0.3 is 0 Å². The number of benzene rings is 1. The molecule has 0 radical (unpaired) electrons. The molecule has 2 aromatic rings. The van der Waals surface area contributed by atoms with E-state index in [0.717, 1.165) is 25.1 Å². The molecule has 1 aliphatic rings. The minimum Gasteiger partial charge on any atom is -0.378 e. The van der Waals surface area contributed by atoms with Crippen LogP contribution in [0, 0.1) is 0 Å². The Morgan fingerprint density at radius 2 is 2.24 bits per heavy atom. The van der Waals surface area contributed by atoms with Crippen LogP contribution in [0.25, 0.3) is 0 Å². The Hall–Kier alpha value is -2.30. The lowest BCUT2D eigenvalue weighted by Crippen LogP contribution is -2.40. The van der Waals surface area contributed by atoms with Gasteiger partial charge in [0.2, 0.25) is 0 Å². The number of hydrogen-bond acceptors (Lipinski definition) is 3. The standard InChI is InChI=1S/C16H20N4O/c1-19(2)14-5-3-4-12(10-14)16(21)18-13-7-9-20-15(11-13)6-8-17-20/h3-6,8,10,13H,7,9,11H2,1-2H3,(H,18,21)/t13-/m0/s1. The van der Waals surface area contributed by atoms with Crippen molar-refractivity contribution in [3.63, 3.8) is 0 Å². The maximum atomic E-state index is 12.4. The van der Waals surface area contributed by atoms with Gasteiger partial charge in [-0.15, -0.1) is 0 Å². The van der Waals surface area contributed by atoms with Crippen LogP contribution in [0.15, 0.2) is 36.5 Å². The van der Waals surface area contributed by atoms with Crippen molar-refractivity contribution in [3.05, 3.63) is 47.8 Å². The van der Waals surface area contributed by atoms with E-state index in [4.69, 9.17) is 0 Å². The molecule has 0 spiro atoms. The number of nitrogens with one attached hydrogen (secondary N) is 1. The van der Waals surface area contributed by atoms with Gasteiger partial charge in [0, 0.05) is 56.2 Å². The Morgan fingerprint density at radius 1 is 1.38 bits per heavy atom. The number of anilines is 1. The highest BCUT2D eigenvalue weighted by Gasteiger charge is 2.21. The molecule has 0 fully saturated rings. The molecule has 0 unspecified atom stereocenters. The van der Waals surface area contributed by atoms with E-state index in [9.17, 15) is 4.79 Å². The van der Waals surface area contributed by atoms with Crippen LogP contribution >= 0.6 is 0 Å². The molecular weight excluding hydrogens is 264 g/mol. The van der Waals surface area contributed by atoms with Crippen molar-refractivity contribution in [1.29, 1.82) is 0 Å². The molecule has 0 saturated heterocycles. The molecule has 1 N–H and O–H groups in total. The van der Waals surface area contributed by atoms with Gasteiger partial charge in [-0.25, -0.2) is 0 Å². The van der Waals surface area contributed by atoms with Crippen LogP contribution < -0.4 is 10.2 Å². The number of carbonyl (C=O) groups is 1. The summed E-state index contributed by atoms with van der Waals surface area (Å²) in [7, 11) is 3.94. The zero-order valence-corrected chi connectivity index (χ0v) is 12.4. The van der Waals surface area contributed by atoms with Crippen molar-refractivity contribution >= 4 is 11.6 Å². The van der Waals surface area contributed by atoms with Crippen LogP contribution in [0.1, 0.15) is 22.5 Å². The molecule has 1 aromatic heterocycles. The minimum absolute atomic E-state index is 0.00309. The molecule has 0 aliphatic carbocycles. The first-order valence-corrected chi connectivity index (χ1v) is 7.22. The van der Waals surface area contributed by atoms with Crippen LogP contribution in [0.5, 0.6) is 0 Å². The Bertz CT molecular complexity index is 647. The van der Waals surface area contributed by atoms with E-state index in [2.05, 4.69) is 10.4 Å². The van der Waals surface area contributed by atoms with Crippen LogP contribution in [-0.2, 0) is 13.0 Å². The van der Waals surface area contributed by atoms with Gasteiger partial charge in [-0.3, -0.25) is 9.48 Å². The van der Waals surface area contributed by atoms with Crippen molar-refractivity contribution in [2.24, 2.45) is 0 Å². The Labute approximate surface area is 124 Å². The predicted molar refractivity (Wildman–Crippen MR) is 82.6 cm³/mol. The van der Waals surface area contributed by atoms with Crippen molar-refractivity contribution in [1.82, 2.24) is 15.1 Å². The third-order valence-electron chi connectivity index (χ3n) is 3.91. The second-order valence-corrected chi connectivity index (χ2v) is 5.65. The first-order valence-electron chi connectivity index (χ1n) is 7.22. The van der Waals surface area contributed by atoms with Crippen LogP contribution in [0.2, 0.25) is 0 Å². The number of hydrogen-bond donors (Lipinski definition) is 1. The fourth-order valence-corrected chi connectivity index (χ4v) is 2.68. The molecule has 21 heavy (non-hydrogen) atoms. The fourth-order valence-electron chi connectivity index (χ4n) is 2.68. The lowest BCUT2D eigenvalue weighted by molar-refractivity contribution is 0.0930. The summed E-state index contributed by atoms with van der Waals surface area (Å²) in [6.45, 7) is 0.866. The zero-order chi connectivity index (χ0) is 14.8. The lowest BCUT2D eigenvalue weighted by atomic mass is 10.0. The minimum atomic E-state index is -0.00309. The summed E-state index contributed by atoms with van der Waals surface area (Å²) in [6, 6.07) is 9.89. The van der Waals surface area contributed by atoms with E-state index < -0.39 is 0 Å². The molecule has 1 aromatic carbocycles. The highest BCUT2D eigenvalue weighted by Crippen LogP contribution is 2.16. The normalized spacial score (nSPS) is 17.1. The fraction of sp³-hybridized carbons (Fsp3) is 0.375. The van der Waals surface area contributed by atoms with Gasteiger partial charge in [-0.2, -0.15) is 5.10 Å². The predicted octanol–water partition coefficient (Wildman–Crippen LogP) is 1.69. The van der Waals surface area contributed by atoms with Gasteiger partial charge in [0.1, 0.15) is 0 Å². The lowest BCUT2D eigenvalue weighted by Gasteiger charge is -2.24. The van der Waals surface area contributed by atoms with Crippen molar-refractivity contribution in [2.45, 2.75) is 25.4 Å². The topological polar surface area (TPSA) is 50.2 Å². The molecule has 110 valence electrons. The van der Waals surface area contributed by atoms with E-state index in [1.165, 1.54) is 5.69 Å². The molecule has 1 aliphatic heterocycles. The number of carbonyl (C=O) groups excluding carboxylic acids is 1. The number of nitrogens with zero attached hydrogens (tertiary/aromatic N) is 3. The molecule has 5 heteroatoms. The van der Waals surface area contributed by atoms with Crippen LogP contribution in [-0.4, -0.2) is 35.8 Å². The molecule has 2 heterocycles. The maximum absolute atomic E-state index is 12.4. The Balaban J connectivity index is 1.68. The summed E-state index contributed by atoms with van der Waals surface area (Å²) < 4.78 is 2.01. The SMILES string of the molecule is CN(C)c1cccc(C(=O)N[C@H]2CCn3nccc3C2)c1. The van der Waals surface area contributed by atoms with Crippen molar-refractivity contribution in [2.75, 3.05) is 19.0 Å². The summed E-state index contributed by atoms with van der Waals surface area (Å²) in [5, 5.41) is 7.39. The molecule has 1 atom stereocenters. The number of rotatable bonds is 3. The summed E-state index contributed by atoms with van der Waals surface area (Å²) in [5.74, 6) is -0.00309. The second kappa shape index (κ2) is 5.60. The summed E-state index contributed by atoms with van der Waals surface area (Å²) in [4.78, 5) is 14.4. The summed E-state index contributed by atoms with van der Waals surface area (Å²) >= 11 is 0. The maximum Gasteiger partial charge on any atom is 0.251 e. The largest absolute Gasteiger partial charge is 0.378 e. The van der Waals surface area contributed by atoms with E-state index in [1.54, 1.807) is 0 Å². The second-order valence-electron chi connectivity index (χ2n) is 5.65. The molecule has 5 nitrogen and oxygen atoms in total. The zero-order valence-electron chi connectivity index (χ0n) is 12.4. The number of fused-ring (bicyclic) bond motifs is 1. The highest BCUT2D eigenvalue weighted by molar-refractivity contribution is 5.95. The van der Waals surface area contributed by atoms with E-state index in [-0.39, 0.29) is 11.9 Å². The van der Waals surface area contributed by atoms with Gasteiger partial charge in [0.25, 0.3) is 5.91 Å². The van der Waals surface area contributed by atoms with Gasteiger partial charge in [0.15, 0.2) is 0 Å². The van der Waals surface area contributed by atoms with Crippen molar-refractivity contribution < 1.29 is 4.79 Å². The summed E-state index contributed by atoms with van der Waals surface area (Å²) in [5.41, 5.74) is 2.93. The molecule has 0 saturated carbocycles. The van der Waals surface area contributed by atoms with Gasteiger partial charge in [0.05, 0.1) is 0 Å². The first kappa shape index (κ1) is 13.7. The Morgan fingerprint density at radius 3 is 3.05 bits per heavy atom. The van der Waals surface area contributed by atoms with Crippen molar-refractivity contribution in [3.8, 4) is 0 Å². The molecule has 3 rings (SSSR count). The average molecular weight is 284 g/mol. The molecular formula is C16H20N4O. The molecule has 0 bridgehead atoms. The smallest absolute Gasteiger partial charge is 0.251 e. The number of amides is 1. The van der Waals surface area contributed by atoms with E-state index in [1.807, 2.05) is 60.2 Å². The third kappa shape index (κ3) is 2.91. The van der Waals surface area contributed by atoms with Gasteiger partial charge < -0.3 is 10.2 Å². The monoisotopic (exact) mass is 284 g/mol.